The minimum absolute atomic E-state index is 0.286. The number of benzene rings is 4. The van der Waals surface area contributed by atoms with E-state index in [9.17, 15) is 20.4 Å². The molecule has 0 radical (unpaired) electrons. The topological polar surface area (TPSA) is 90.2 Å². The summed E-state index contributed by atoms with van der Waals surface area (Å²) in [7, 11) is 0. The first-order chi connectivity index (χ1) is 19.0. The Kier molecular flexibility index (Phi) is 10.0. The second-order valence-corrected chi connectivity index (χ2v) is 10.3. The van der Waals surface area contributed by atoms with Gasteiger partial charge in [-0.3, -0.25) is 0 Å². The van der Waals surface area contributed by atoms with Crippen LogP contribution in [0.15, 0.2) is 121 Å². The van der Waals surface area contributed by atoms with E-state index in [4.69, 9.17) is 4.74 Å². The Balaban J connectivity index is 1.88. The molecule has 39 heavy (non-hydrogen) atoms. The van der Waals surface area contributed by atoms with E-state index in [0.29, 0.717) is 0 Å². The molecular formula is C34H38O5. The van der Waals surface area contributed by atoms with Crippen LogP contribution in [0.3, 0.4) is 0 Å². The minimum Gasteiger partial charge on any atom is -0.394 e. The van der Waals surface area contributed by atoms with Gasteiger partial charge in [0.15, 0.2) is 0 Å². The summed E-state index contributed by atoms with van der Waals surface area (Å²) in [4.78, 5) is 0. The Hall–Kier alpha value is -3.32. The summed E-state index contributed by atoms with van der Waals surface area (Å²) in [5.74, 6) is 0. The zero-order chi connectivity index (χ0) is 27.6. The van der Waals surface area contributed by atoms with E-state index in [0.717, 1.165) is 22.3 Å². The first kappa shape index (κ1) is 28.7. The Morgan fingerprint density at radius 1 is 0.436 bits per heavy atom. The summed E-state index contributed by atoms with van der Waals surface area (Å²) in [6, 6.07) is 38.8. The lowest BCUT2D eigenvalue weighted by Gasteiger charge is -2.48. The molecule has 0 aliphatic carbocycles. The van der Waals surface area contributed by atoms with Crippen LogP contribution in [-0.4, -0.2) is 57.0 Å². The highest BCUT2D eigenvalue weighted by atomic mass is 16.6. The van der Waals surface area contributed by atoms with E-state index in [-0.39, 0.29) is 25.7 Å². The molecular weight excluding hydrogens is 488 g/mol. The first-order valence-electron chi connectivity index (χ1n) is 13.4. The van der Waals surface area contributed by atoms with Crippen molar-refractivity contribution in [3.63, 3.8) is 0 Å². The van der Waals surface area contributed by atoms with Gasteiger partial charge in [0.25, 0.3) is 0 Å². The van der Waals surface area contributed by atoms with Gasteiger partial charge in [0.2, 0.25) is 0 Å². The van der Waals surface area contributed by atoms with Crippen molar-refractivity contribution in [2.45, 2.75) is 49.1 Å². The van der Waals surface area contributed by atoms with E-state index in [1.54, 1.807) is 0 Å². The Labute approximate surface area is 231 Å². The number of aliphatic hydroxyl groups is 4. The maximum absolute atomic E-state index is 11.5. The average molecular weight is 527 g/mol. The third-order valence-electron chi connectivity index (χ3n) is 7.35. The van der Waals surface area contributed by atoms with Gasteiger partial charge in [-0.2, -0.15) is 0 Å². The molecule has 0 aliphatic rings. The molecule has 2 atom stereocenters. The van der Waals surface area contributed by atoms with Gasteiger partial charge in [0.05, 0.1) is 13.2 Å². The lowest BCUT2D eigenvalue weighted by atomic mass is 9.78. The fourth-order valence-corrected chi connectivity index (χ4v) is 5.38. The van der Waals surface area contributed by atoms with Crippen molar-refractivity contribution >= 4 is 0 Å². The fourth-order valence-electron chi connectivity index (χ4n) is 5.38. The average Bonchev–Trinajstić information content (AvgIpc) is 2.98. The standard InChI is InChI=1S/C34H38O5/c35-25-31(37)33(21-27-13-5-1-6-14-27,22-28-15-7-2-8-16-28)39-34(32(38)26-36,23-29-17-9-3-10-18-29)24-30-19-11-4-12-20-30/h1-20,31-32,35-38H,21-26H2. The van der Waals surface area contributed by atoms with Crippen LogP contribution < -0.4 is 0 Å². The predicted molar refractivity (Wildman–Crippen MR) is 153 cm³/mol. The van der Waals surface area contributed by atoms with Crippen LogP contribution in [0.1, 0.15) is 22.3 Å². The lowest BCUT2D eigenvalue weighted by Crippen LogP contribution is -2.61. The molecule has 4 rings (SSSR count). The number of aliphatic hydroxyl groups excluding tert-OH is 4. The smallest absolute Gasteiger partial charge is 0.107 e. The zero-order valence-electron chi connectivity index (χ0n) is 22.1. The molecule has 0 bridgehead atoms. The largest absolute Gasteiger partial charge is 0.394 e. The fraction of sp³-hybridized carbons (Fsp3) is 0.294. The second kappa shape index (κ2) is 13.7. The van der Waals surface area contributed by atoms with E-state index >= 15 is 0 Å². The van der Waals surface area contributed by atoms with Crippen molar-refractivity contribution < 1.29 is 25.2 Å². The summed E-state index contributed by atoms with van der Waals surface area (Å²) in [6.07, 6.45) is -1.39. The summed E-state index contributed by atoms with van der Waals surface area (Å²) < 4.78 is 7.13. The SMILES string of the molecule is OCC(O)C(Cc1ccccc1)(Cc1ccccc1)OC(Cc1ccccc1)(Cc1ccccc1)C(O)CO. The molecule has 0 spiro atoms. The number of hydrogen-bond acceptors (Lipinski definition) is 5. The maximum Gasteiger partial charge on any atom is 0.107 e. The van der Waals surface area contributed by atoms with Crippen molar-refractivity contribution in [1.82, 2.24) is 0 Å². The zero-order valence-corrected chi connectivity index (χ0v) is 22.1. The van der Waals surface area contributed by atoms with Gasteiger partial charge in [0, 0.05) is 25.7 Å². The molecule has 5 nitrogen and oxygen atoms in total. The third kappa shape index (κ3) is 7.41. The summed E-state index contributed by atoms with van der Waals surface area (Å²) in [5.41, 5.74) is 1.05. The van der Waals surface area contributed by atoms with Gasteiger partial charge in [-0.05, 0) is 22.3 Å². The van der Waals surface area contributed by atoms with Crippen molar-refractivity contribution in [2.24, 2.45) is 0 Å². The van der Waals surface area contributed by atoms with Crippen LogP contribution in [0.25, 0.3) is 0 Å². The van der Waals surface area contributed by atoms with E-state index < -0.39 is 36.6 Å². The second-order valence-electron chi connectivity index (χ2n) is 10.3. The molecule has 204 valence electrons. The van der Waals surface area contributed by atoms with Gasteiger partial charge in [-0.1, -0.05) is 121 Å². The molecule has 4 N–H and O–H groups in total. The van der Waals surface area contributed by atoms with Gasteiger partial charge in [0.1, 0.15) is 23.4 Å². The van der Waals surface area contributed by atoms with Crippen molar-refractivity contribution in [3.05, 3.63) is 144 Å². The molecule has 0 heterocycles. The number of hydrogen-bond donors (Lipinski definition) is 4. The molecule has 0 saturated heterocycles. The monoisotopic (exact) mass is 526 g/mol. The normalized spacial score (nSPS) is 13.6. The molecule has 0 aromatic heterocycles. The van der Waals surface area contributed by atoms with Crippen LogP contribution in [0, 0.1) is 0 Å². The summed E-state index contributed by atoms with van der Waals surface area (Å²) >= 11 is 0. The lowest BCUT2D eigenvalue weighted by molar-refractivity contribution is -0.241. The maximum atomic E-state index is 11.5. The van der Waals surface area contributed by atoms with Gasteiger partial charge < -0.3 is 25.2 Å². The highest BCUT2D eigenvalue weighted by molar-refractivity contribution is 5.26. The Bertz CT molecular complexity index is 1050. The quantitative estimate of drug-likeness (QED) is 0.198. The van der Waals surface area contributed by atoms with Crippen LogP contribution in [0.4, 0.5) is 0 Å². The van der Waals surface area contributed by atoms with E-state index in [1.165, 1.54) is 0 Å². The van der Waals surface area contributed by atoms with Crippen molar-refractivity contribution in [3.8, 4) is 0 Å². The van der Waals surface area contributed by atoms with E-state index in [1.807, 2.05) is 121 Å². The molecule has 0 aliphatic heterocycles. The van der Waals surface area contributed by atoms with Crippen molar-refractivity contribution in [1.29, 1.82) is 0 Å². The highest BCUT2D eigenvalue weighted by Crippen LogP contribution is 2.38. The predicted octanol–water partition coefficient (Wildman–Crippen LogP) is 4.16. The van der Waals surface area contributed by atoms with Crippen LogP contribution in [-0.2, 0) is 30.4 Å². The molecule has 0 amide bonds. The van der Waals surface area contributed by atoms with Gasteiger partial charge >= 0.3 is 0 Å². The summed E-state index contributed by atoms with van der Waals surface area (Å²) in [5, 5.41) is 43.8. The highest BCUT2D eigenvalue weighted by Gasteiger charge is 2.50. The molecule has 4 aromatic carbocycles. The molecule has 2 unspecified atom stereocenters. The Morgan fingerprint density at radius 3 is 0.872 bits per heavy atom. The summed E-state index contributed by atoms with van der Waals surface area (Å²) in [6.45, 7) is -1.05. The minimum atomic E-state index is -1.32. The molecule has 5 heteroatoms. The molecule has 4 aromatic rings. The van der Waals surface area contributed by atoms with Gasteiger partial charge in [-0.25, -0.2) is 0 Å². The third-order valence-corrected chi connectivity index (χ3v) is 7.35. The van der Waals surface area contributed by atoms with E-state index in [2.05, 4.69) is 0 Å². The van der Waals surface area contributed by atoms with Crippen LogP contribution >= 0.6 is 0 Å². The van der Waals surface area contributed by atoms with Crippen LogP contribution in [0.2, 0.25) is 0 Å². The Morgan fingerprint density at radius 2 is 0.667 bits per heavy atom. The molecule has 0 fully saturated rings. The number of ether oxygens (including phenoxy) is 1. The molecule has 0 saturated carbocycles. The van der Waals surface area contributed by atoms with Crippen molar-refractivity contribution in [2.75, 3.05) is 13.2 Å². The van der Waals surface area contributed by atoms with Gasteiger partial charge in [-0.15, -0.1) is 0 Å². The van der Waals surface area contributed by atoms with Crippen LogP contribution in [0.5, 0.6) is 0 Å². The first-order valence-corrected chi connectivity index (χ1v) is 13.4. The number of rotatable bonds is 14.